The van der Waals surface area contributed by atoms with Gasteiger partial charge in [0.15, 0.2) is 0 Å². The SMILES string of the molecule is CC1=CCC(/C=C/CC(C)(O)CC(=O)[O-])C1(C)C.[Na+]. The molecule has 0 aromatic carbocycles. The molecule has 0 saturated carbocycles. The minimum absolute atomic E-state index is 0. The van der Waals surface area contributed by atoms with E-state index in [4.69, 9.17) is 0 Å². The van der Waals surface area contributed by atoms with Gasteiger partial charge in [0.2, 0.25) is 0 Å². The largest absolute Gasteiger partial charge is 1.00 e. The summed E-state index contributed by atoms with van der Waals surface area (Å²) in [5.41, 5.74) is 0.315. The molecule has 2 unspecified atom stereocenters. The molecule has 0 saturated heterocycles. The molecule has 1 rings (SSSR count). The van der Waals surface area contributed by atoms with Crippen molar-refractivity contribution in [1.82, 2.24) is 0 Å². The summed E-state index contributed by atoms with van der Waals surface area (Å²) in [5.74, 6) is -0.789. The van der Waals surface area contributed by atoms with Gasteiger partial charge in [-0.25, -0.2) is 0 Å². The number of carbonyl (C=O) groups excluding carboxylic acids is 1. The first kappa shape index (κ1) is 18.9. The van der Waals surface area contributed by atoms with Crippen LogP contribution >= 0.6 is 0 Å². The van der Waals surface area contributed by atoms with Crippen LogP contribution in [0.1, 0.15) is 47.0 Å². The Kier molecular flexibility index (Phi) is 7.04. The Morgan fingerprint density at radius 1 is 1.63 bits per heavy atom. The molecule has 0 aromatic rings. The Hall–Kier alpha value is -0.0900. The van der Waals surface area contributed by atoms with Gasteiger partial charge in [-0.2, -0.15) is 0 Å². The zero-order valence-electron chi connectivity index (χ0n) is 12.7. The van der Waals surface area contributed by atoms with Gasteiger partial charge in [-0.1, -0.05) is 37.6 Å². The van der Waals surface area contributed by atoms with Crippen LogP contribution in [0.4, 0.5) is 0 Å². The standard InChI is InChI=1S/C15H24O3.Na/c1-11-7-8-12(14(11,2)3)6-5-9-15(4,18)10-13(16)17;/h5-7,12,18H,8-10H2,1-4H3,(H,16,17);/q;+1/p-1/b6-5+;. The molecule has 102 valence electrons. The first-order valence-corrected chi connectivity index (χ1v) is 6.41. The van der Waals surface area contributed by atoms with Crippen LogP contribution in [0.15, 0.2) is 23.8 Å². The van der Waals surface area contributed by atoms with Gasteiger partial charge >= 0.3 is 29.6 Å². The molecular formula is C15H23NaO3. The first-order chi connectivity index (χ1) is 8.15. The summed E-state index contributed by atoms with van der Waals surface area (Å²) in [6.45, 7) is 8.08. The van der Waals surface area contributed by atoms with Crippen LogP contribution in [0.3, 0.4) is 0 Å². The van der Waals surface area contributed by atoms with Crippen LogP contribution in [0, 0.1) is 11.3 Å². The third-order valence-electron chi connectivity index (χ3n) is 4.07. The van der Waals surface area contributed by atoms with E-state index >= 15 is 0 Å². The number of carboxylic acids is 1. The molecule has 0 amide bonds. The van der Waals surface area contributed by atoms with E-state index in [1.807, 2.05) is 6.08 Å². The van der Waals surface area contributed by atoms with Gasteiger partial charge in [0, 0.05) is 12.4 Å². The van der Waals surface area contributed by atoms with Crippen molar-refractivity contribution in [2.45, 2.75) is 52.6 Å². The third kappa shape index (κ3) is 5.42. The Morgan fingerprint density at radius 3 is 2.63 bits per heavy atom. The van der Waals surface area contributed by atoms with E-state index in [-0.39, 0.29) is 41.4 Å². The number of rotatable bonds is 5. The van der Waals surface area contributed by atoms with Crippen molar-refractivity contribution >= 4 is 5.97 Å². The van der Waals surface area contributed by atoms with E-state index in [0.717, 1.165) is 6.42 Å². The van der Waals surface area contributed by atoms with Gasteiger partial charge < -0.3 is 15.0 Å². The zero-order chi connectivity index (χ0) is 14.0. The fourth-order valence-corrected chi connectivity index (χ4v) is 2.34. The summed E-state index contributed by atoms with van der Waals surface area (Å²) in [5, 5.41) is 20.3. The number of carboxylic acid groups (broad SMARTS) is 1. The first-order valence-electron chi connectivity index (χ1n) is 6.41. The van der Waals surface area contributed by atoms with Gasteiger partial charge in [-0.15, -0.1) is 0 Å². The number of allylic oxidation sites excluding steroid dienone is 3. The van der Waals surface area contributed by atoms with E-state index in [0.29, 0.717) is 12.3 Å². The molecule has 0 bridgehead atoms. The second kappa shape index (κ2) is 7.07. The molecule has 1 aliphatic rings. The van der Waals surface area contributed by atoms with Crippen molar-refractivity contribution in [3.63, 3.8) is 0 Å². The van der Waals surface area contributed by atoms with Gasteiger partial charge in [-0.05, 0) is 38.0 Å². The Morgan fingerprint density at radius 2 is 2.21 bits per heavy atom. The summed E-state index contributed by atoms with van der Waals surface area (Å²) in [6, 6.07) is 0. The molecule has 0 heterocycles. The predicted molar refractivity (Wildman–Crippen MR) is 69.6 cm³/mol. The van der Waals surface area contributed by atoms with Crippen LogP contribution in [-0.2, 0) is 4.79 Å². The van der Waals surface area contributed by atoms with Crippen molar-refractivity contribution in [2.75, 3.05) is 0 Å². The summed E-state index contributed by atoms with van der Waals surface area (Å²) in [6.07, 6.45) is 7.25. The van der Waals surface area contributed by atoms with Gasteiger partial charge in [0.05, 0.1) is 5.60 Å². The third-order valence-corrected chi connectivity index (χ3v) is 4.07. The molecule has 1 N–H and O–H groups in total. The molecule has 0 aromatic heterocycles. The Labute approximate surface area is 138 Å². The van der Waals surface area contributed by atoms with E-state index in [1.165, 1.54) is 12.5 Å². The van der Waals surface area contributed by atoms with E-state index < -0.39 is 11.6 Å². The summed E-state index contributed by atoms with van der Waals surface area (Å²) >= 11 is 0. The number of aliphatic carboxylic acids is 1. The second-order valence-corrected chi connectivity index (χ2v) is 6.13. The van der Waals surface area contributed by atoms with E-state index in [9.17, 15) is 15.0 Å². The molecule has 1 aliphatic carbocycles. The number of hydrogen-bond donors (Lipinski definition) is 1. The summed E-state index contributed by atoms with van der Waals surface area (Å²) in [7, 11) is 0. The van der Waals surface area contributed by atoms with Crippen molar-refractivity contribution in [2.24, 2.45) is 11.3 Å². The maximum absolute atomic E-state index is 10.5. The predicted octanol–water partition coefficient (Wildman–Crippen LogP) is -1.18. The topological polar surface area (TPSA) is 60.4 Å². The fourth-order valence-electron chi connectivity index (χ4n) is 2.34. The smallest absolute Gasteiger partial charge is 0.550 e. The average Bonchev–Trinajstić information content (AvgIpc) is 2.42. The Bertz CT molecular complexity index is 381. The number of hydrogen-bond acceptors (Lipinski definition) is 3. The van der Waals surface area contributed by atoms with Crippen LogP contribution in [0.25, 0.3) is 0 Å². The number of aliphatic hydroxyl groups is 1. The molecule has 0 fully saturated rings. The zero-order valence-corrected chi connectivity index (χ0v) is 14.7. The van der Waals surface area contributed by atoms with Crippen molar-refractivity contribution in [3.05, 3.63) is 23.8 Å². The molecule has 0 radical (unpaired) electrons. The minimum atomic E-state index is -1.22. The number of carbonyl (C=O) groups is 1. The van der Waals surface area contributed by atoms with Crippen molar-refractivity contribution < 1.29 is 44.6 Å². The molecule has 3 nitrogen and oxygen atoms in total. The normalized spacial score (nSPS) is 24.7. The Balaban J connectivity index is 0.00000324. The van der Waals surface area contributed by atoms with Gasteiger partial charge in [0.1, 0.15) is 0 Å². The van der Waals surface area contributed by atoms with Gasteiger partial charge in [0.25, 0.3) is 0 Å². The minimum Gasteiger partial charge on any atom is -0.550 e. The molecule has 4 heteroatoms. The average molecular weight is 274 g/mol. The van der Waals surface area contributed by atoms with Gasteiger partial charge in [-0.3, -0.25) is 0 Å². The van der Waals surface area contributed by atoms with Crippen molar-refractivity contribution in [1.29, 1.82) is 0 Å². The van der Waals surface area contributed by atoms with E-state index in [2.05, 4.69) is 32.9 Å². The molecule has 0 aliphatic heterocycles. The fraction of sp³-hybridized carbons (Fsp3) is 0.667. The van der Waals surface area contributed by atoms with Crippen LogP contribution in [0.5, 0.6) is 0 Å². The maximum Gasteiger partial charge on any atom is 1.00 e. The molecule has 19 heavy (non-hydrogen) atoms. The molecular weight excluding hydrogens is 251 g/mol. The maximum atomic E-state index is 10.5. The van der Waals surface area contributed by atoms with Crippen LogP contribution < -0.4 is 34.7 Å². The van der Waals surface area contributed by atoms with E-state index in [1.54, 1.807) is 0 Å². The molecule has 0 spiro atoms. The monoisotopic (exact) mass is 274 g/mol. The van der Waals surface area contributed by atoms with Crippen LogP contribution in [-0.4, -0.2) is 16.7 Å². The second-order valence-electron chi connectivity index (χ2n) is 6.13. The summed E-state index contributed by atoms with van der Waals surface area (Å²) < 4.78 is 0. The van der Waals surface area contributed by atoms with Crippen LogP contribution in [0.2, 0.25) is 0 Å². The quantitative estimate of drug-likeness (QED) is 0.507. The summed E-state index contributed by atoms with van der Waals surface area (Å²) in [4.78, 5) is 10.5. The van der Waals surface area contributed by atoms with Crippen molar-refractivity contribution in [3.8, 4) is 0 Å². The molecule has 2 atom stereocenters.